The van der Waals surface area contributed by atoms with Gasteiger partial charge in [-0.2, -0.15) is 5.10 Å². The molecule has 0 aliphatic carbocycles. The number of carbonyl (C=O) groups excluding carboxylic acids is 1. The van der Waals surface area contributed by atoms with Gasteiger partial charge in [0.1, 0.15) is 12.7 Å². The Morgan fingerprint density at radius 3 is 2.75 bits per heavy atom. The predicted octanol–water partition coefficient (Wildman–Crippen LogP) is 0.831. The molecule has 0 radical (unpaired) electrons. The molecule has 2 aromatic rings. The van der Waals surface area contributed by atoms with E-state index in [-0.39, 0.29) is 11.9 Å². The van der Waals surface area contributed by atoms with E-state index in [0.29, 0.717) is 12.1 Å². The number of hydrogen-bond acceptors (Lipinski definition) is 4. The second kappa shape index (κ2) is 5.42. The molecule has 2 N–H and O–H groups in total. The summed E-state index contributed by atoms with van der Waals surface area (Å²) < 4.78 is 1.66. The summed E-state index contributed by atoms with van der Waals surface area (Å²) in [6.45, 7) is 1.43. The molecule has 1 aliphatic heterocycles. The van der Waals surface area contributed by atoms with Gasteiger partial charge in [-0.1, -0.05) is 0 Å². The summed E-state index contributed by atoms with van der Waals surface area (Å²) in [5, 5.41) is 4.05. The molecule has 6 nitrogen and oxygen atoms in total. The Bertz CT molecular complexity index is 578. The van der Waals surface area contributed by atoms with E-state index in [2.05, 4.69) is 10.1 Å². The van der Waals surface area contributed by atoms with E-state index in [9.17, 15) is 4.79 Å². The van der Waals surface area contributed by atoms with Crippen molar-refractivity contribution in [3.8, 4) is 5.69 Å². The van der Waals surface area contributed by atoms with Gasteiger partial charge in [-0.3, -0.25) is 4.79 Å². The Morgan fingerprint density at radius 1 is 1.30 bits per heavy atom. The molecule has 0 bridgehead atoms. The van der Waals surface area contributed by atoms with Crippen LogP contribution in [0.4, 0.5) is 0 Å². The van der Waals surface area contributed by atoms with Crippen LogP contribution < -0.4 is 5.73 Å². The highest BCUT2D eigenvalue weighted by atomic mass is 16.2. The van der Waals surface area contributed by atoms with Crippen LogP contribution in [0.5, 0.6) is 0 Å². The van der Waals surface area contributed by atoms with Gasteiger partial charge in [0, 0.05) is 24.7 Å². The Balaban J connectivity index is 1.75. The monoisotopic (exact) mass is 271 g/mol. The lowest BCUT2D eigenvalue weighted by Crippen LogP contribution is -2.45. The van der Waals surface area contributed by atoms with Crippen molar-refractivity contribution >= 4 is 5.91 Å². The zero-order valence-corrected chi connectivity index (χ0v) is 11.1. The van der Waals surface area contributed by atoms with Gasteiger partial charge in [-0.25, -0.2) is 9.67 Å². The third-order valence-corrected chi connectivity index (χ3v) is 3.54. The molecule has 0 unspecified atom stereocenters. The van der Waals surface area contributed by atoms with E-state index in [4.69, 9.17) is 5.73 Å². The quantitative estimate of drug-likeness (QED) is 0.877. The number of likely N-dealkylation sites (tertiary alicyclic amines) is 1. The van der Waals surface area contributed by atoms with Gasteiger partial charge in [0.15, 0.2) is 0 Å². The first-order valence-electron chi connectivity index (χ1n) is 6.74. The number of benzene rings is 1. The number of hydrogen-bond donors (Lipinski definition) is 1. The lowest BCUT2D eigenvalue weighted by Gasteiger charge is -2.30. The van der Waals surface area contributed by atoms with Crippen LogP contribution in [0.2, 0.25) is 0 Å². The number of aromatic nitrogens is 3. The van der Waals surface area contributed by atoms with Crippen molar-refractivity contribution in [3.63, 3.8) is 0 Å². The maximum atomic E-state index is 12.4. The third-order valence-electron chi connectivity index (χ3n) is 3.54. The Hall–Kier alpha value is -2.21. The summed E-state index contributed by atoms with van der Waals surface area (Å²) in [4.78, 5) is 18.1. The maximum absolute atomic E-state index is 12.4. The Labute approximate surface area is 117 Å². The molecule has 1 amide bonds. The van der Waals surface area contributed by atoms with E-state index in [1.807, 2.05) is 29.2 Å². The van der Waals surface area contributed by atoms with E-state index < -0.39 is 0 Å². The first kappa shape index (κ1) is 12.8. The van der Waals surface area contributed by atoms with Crippen molar-refractivity contribution in [3.05, 3.63) is 42.5 Å². The minimum Gasteiger partial charge on any atom is -0.337 e. The molecule has 3 rings (SSSR count). The highest BCUT2D eigenvalue weighted by molar-refractivity contribution is 5.94. The van der Waals surface area contributed by atoms with Crippen molar-refractivity contribution in [1.82, 2.24) is 19.7 Å². The molecular formula is C14H17N5O. The molecule has 0 saturated carbocycles. The van der Waals surface area contributed by atoms with E-state index in [1.165, 1.54) is 6.33 Å². The average Bonchev–Trinajstić information content (AvgIpc) is 3.01. The van der Waals surface area contributed by atoms with Gasteiger partial charge in [0.2, 0.25) is 0 Å². The zero-order chi connectivity index (χ0) is 13.9. The summed E-state index contributed by atoms with van der Waals surface area (Å²) in [7, 11) is 0. The van der Waals surface area contributed by atoms with Gasteiger partial charge in [0.25, 0.3) is 5.91 Å². The fraction of sp³-hybridized carbons (Fsp3) is 0.357. The minimum atomic E-state index is 0.0466. The van der Waals surface area contributed by atoms with Crippen LogP contribution in [0.3, 0.4) is 0 Å². The van der Waals surface area contributed by atoms with Crippen LogP contribution in [0.25, 0.3) is 5.69 Å². The molecule has 1 saturated heterocycles. The normalized spacial score (nSPS) is 19.1. The SMILES string of the molecule is N[C@H]1CCCN(C(=O)c2ccc(-n3cncn3)cc2)C1. The smallest absolute Gasteiger partial charge is 0.253 e. The number of carbonyl (C=O) groups is 1. The molecule has 1 aromatic carbocycles. The number of piperidine rings is 1. The van der Waals surface area contributed by atoms with Crippen LogP contribution in [-0.2, 0) is 0 Å². The first-order chi connectivity index (χ1) is 9.74. The van der Waals surface area contributed by atoms with Crippen molar-refractivity contribution < 1.29 is 4.79 Å². The summed E-state index contributed by atoms with van der Waals surface area (Å²) in [5.74, 6) is 0.0466. The summed E-state index contributed by atoms with van der Waals surface area (Å²) in [6.07, 6.45) is 5.08. The Morgan fingerprint density at radius 2 is 2.10 bits per heavy atom. The van der Waals surface area contributed by atoms with Gasteiger partial charge < -0.3 is 10.6 Å². The average molecular weight is 271 g/mol. The predicted molar refractivity (Wildman–Crippen MR) is 74.5 cm³/mol. The third kappa shape index (κ3) is 2.55. The number of rotatable bonds is 2. The molecule has 20 heavy (non-hydrogen) atoms. The summed E-state index contributed by atoms with van der Waals surface area (Å²) in [6, 6.07) is 7.47. The number of nitrogens with two attached hydrogens (primary N) is 1. The lowest BCUT2D eigenvalue weighted by molar-refractivity contribution is 0.0709. The highest BCUT2D eigenvalue weighted by Gasteiger charge is 2.22. The molecule has 1 atom stereocenters. The maximum Gasteiger partial charge on any atom is 0.253 e. The van der Waals surface area contributed by atoms with Crippen molar-refractivity contribution in [2.24, 2.45) is 5.73 Å². The van der Waals surface area contributed by atoms with Crippen LogP contribution >= 0.6 is 0 Å². The highest BCUT2D eigenvalue weighted by Crippen LogP contribution is 2.14. The molecular weight excluding hydrogens is 254 g/mol. The van der Waals surface area contributed by atoms with Crippen molar-refractivity contribution in [1.29, 1.82) is 0 Å². The van der Waals surface area contributed by atoms with E-state index in [0.717, 1.165) is 25.1 Å². The van der Waals surface area contributed by atoms with Gasteiger partial charge in [-0.15, -0.1) is 0 Å². The van der Waals surface area contributed by atoms with Crippen LogP contribution in [0.1, 0.15) is 23.2 Å². The molecule has 1 fully saturated rings. The standard InChI is InChI=1S/C14H17N5O/c15-12-2-1-7-18(8-12)14(20)11-3-5-13(6-4-11)19-10-16-9-17-19/h3-6,9-10,12H,1-2,7-8,15H2/t12-/m0/s1. The van der Waals surface area contributed by atoms with Crippen LogP contribution in [0, 0.1) is 0 Å². The van der Waals surface area contributed by atoms with Gasteiger partial charge >= 0.3 is 0 Å². The fourth-order valence-corrected chi connectivity index (χ4v) is 2.48. The van der Waals surface area contributed by atoms with Gasteiger partial charge in [0.05, 0.1) is 5.69 Å². The second-order valence-corrected chi connectivity index (χ2v) is 5.04. The molecule has 104 valence electrons. The Kier molecular flexibility index (Phi) is 3.47. The van der Waals surface area contributed by atoms with Crippen LogP contribution in [-0.4, -0.2) is 44.7 Å². The largest absolute Gasteiger partial charge is 0.337 e. The summed E-state index contributed by atoms with van der Waals surface area (Å²) in [5.41, 5.74) is 7.48. The molecule has 6 heteroatoms. The van der Waals surface area contributed by atoms with Crippen LogP contribution in [0.15, 0.2) is 36.9 Å². The van der Waals surface area contributed by atoms with E-state index in [1.54, 1.807) is 11.0 Å². The van der Waals surface area contributed by atoms with Gasteiger partial charge in [-0.05, 0) is 37.1 Å². The second-order valence-electron chi connectivity index (χ2n) is 5.04. The molecule has 1 aliphatic rings. The van der Waals surface area contributed by atoms with Crippen molar-refractivity contribution in [2.45, 2.75) is 18.9 Å². The lowest BCUT2D eigenvalue weighted by atomic mass is 10.1. The molecule has 1 aromatic heterocycles. The first-order valence-corrected chi connectivity index (χ1v) is 6.74. The minimum absolute atomic E-state index is 0.0466. The molecule has 0 spiro atoms. The number of amides is 1. The van der Waals surface area contributed by atoms with Crippen molar-refractivity contribution in [2.75, 3.05) is 13.1 Å². The molecule has 2 heterocycles. The summed E-state index contributed by atoms with van der Waals surface area (Å²) >= 11 is 0. The topological polar surface area (TPSA) is 77.0 Å². The number of nitrogens with zero attached hydrogens (tertiary/aromatic N) is 4. The zero-order valence-electron chi connectivity index (χ0n) is 11.1. The fourth-order valence-electron chi connectivity index (χ4n) is 2.48. The van der Waals surface area contributed by atoms with E-state index >= 15 is 0 Å².